The highest BCUT2D eigenvalue weighted by molar-refractivity contribution is 4.93. The van der Waals surface area contributed by atoms with E-state index in [9.17, 15) is 0 Å². The van der Waals surface area contributed by atoms with Gasteiger partial charge in [0, 0.05) is 12.8 Å². The normalized spacial score (nSPS) is 10.9. The Morgan fingerprint density at radius 3 is 2.36 bits per heavy atom. The minimum absolute atomic E-state index is 0.465. The highest BCUT2D eigenvalue weighted by Gasteiger charge is 2.12. The van der Waals surface area contributed by atoms with Crippen LogP contribution in [0.5, 0.6) is 0 Å². The van der Waals surface area contributed by atoms with Crippen molar-refractivity contribution in [1.82, 2.24) is 10.1 Å². The van der Waals surface area contributed by atoms with E-state index in [1.165, 1.54) is 0 Å². The zero-order valence-corrected chi connectivity index (χ0v) is 7.29. The molecule has 1 aromatic rings. The van der Waals surface area contributed by atoms with Gasteiger partial charge >= 0.3 is 0 Å². The second kappa shape index (κ2) is 3.51. The average molecular weight is 154 g/mol. The molecule has 3 nitrogen and oxygen atoms in total. The van der Waals surface area contributed by atoms with Crippen LogP contribution in [0.1, 0.15) is 44.3 Å². The summed E-state index contributed by atoms with van der Waals surface area (Å²) in [6.07, 6.45) is 2.16. The van der Waals surface area contributed by atoms with Crippen molar-refractivity contribution in [2.75, 3.05) is 0 Å². The Labute approximate surface area is 66.8 Å². The van der Waals surface area contributed by atoms with Gasteiger partial charge < -0.3 is 4.52 Å². The van der Waals surface area contributed by atoms with E-state index in [0.717, 1.165) is 18.7 Å². The summed E-state index contributed by atoms with van der Waals surface area (Å²) in [6.45, 7) is 6.10. The van der Waals surface area contributed by atoms with Crippen LogP contribution in [0.3, 0.4) is 0 Å². The lowest BCUT2D eigenvalue weighted by atomic mass is 10.0. The van der Waals surface area contributed by atoms with Crippen LogP contribution >= 0.6 is 0 Å². The van der Waals surface area contributed by atoms with Gasteiger partial charge in [-0.25, -0.2) is 0 Å². The van der Waals surface area contributed by atoms with Gasteiger partial charge in [-0.05, 0) is 12.8 Å². The highest BCUT2D eigenvalue weighted by Crippen LogP contribution is 2.19. The minimum Gasteiger partial charge on any atom is -0.340 e. The van der Waals surface area contributed by atoms with E-state index in [2.05, 4.69) is 24.0 Å². The van der Waals surface area contributed by atoms with Crippen molar-refractivity contribution in [3.63, 3.8) is 0 Å². The molecule has 1 heterocycles. The standard InChI is InChI=1S/C8H14N2O/c1-4-7(5-2)8-9-6(3)11-10-8/h7H,4-5H2,1-3H3. The summed E-state index contributed by atoms with van der Waals surface area (Å²) in [6, 6.07) is 0. The molecule has 0 aliphatic carbocycles. The maximum Gasteiger partial charge on any atom is 0.223 e. The van der Waals surface area contributed by atoms with Gasteiger partial charge in [-0.1, -0.05) is 19.0 Å². The third kappa shape index (κ3) is 1.79. The fraction of sp³-hybridized carbons (Fsp3) is 0.750. The van der Waals surface area contributed by atoms with E-state index in [1.807, 2.05) is 6.92 Å². The van der Waals surface area contributed by atoms with E-state index in [1.54, 1.807) is 0 Å². The van der Waals surface area contributed by atoms with E-state index in [4.69, 9.17) is 4.52 Å². The number of nitrogens with zero attached hydrogens (tertiary/aromatic N) is 2. The van der Waals surface area contributed by atoms with Crippen molar-refractivity contribution >= 4 is 0 Å². The van der Waals surface area contributed by atoms with Gasteiger partial charge in [0.1, 0.15) is 0 Å². The largest absolute Gasteiger partial charge is 0.340 e. The maximum absolute atomic E-state index is 4.89. The molecule has 0 fully saturated rings. The summed E-state index contributed by atoms with van der Waals surface area (Å²) in [5.41, 5.74) is 0. The molecule has 0 aromatic carbocycles. The van der Waals surface area contributed by atoms with E-state index >= 15 is 0 Å². The van der Waals surface area contributed by atoms with Gasteiger partial charge in [-0.2, -0.15) is 4.98 Å². The van der Waals surface area contributed by atoms with Crippen molar-refractivity contribution in [3.8, 4) is 0 Å². The van der Waals surface area contributed by atoms with Gasteiger partial charge in [-0.15, -0.1) is 0 Å². The lowest BCUT2D eigenvalue weighted by Crippen LogP contribution is -1.97. The third-order valence-corrected chi connectivity index (χ3v) is 1.89. The Kier molecular flexibility index (Phi) is 2.63. The van der Waals surface area contributed by atoms with Crippen LogP contribution in [-0.4, -0.2) is 10.1 Å². The number of aryl methyl sites for hydroxylation is 1. The molecule has 0 amide bonds. The Hall–Kier alpha value is -0.860. The molecular formula is C8H14N2O. The second-order valence-corrected chi connectivity index (χ2v) is 2.69. The van der Waals surface area contributed by atoms with Gasteiger partial charge in [-0.3, -0.25) is 0 Å². The monoisotopic (exact) mass is 154 g/mol. The van der Waals surface area contributed by atoms with Crippen LogP contribution in [0.25, 0.3) is 0 Å². The van der Waals surface area contributed by atoms with E-state index < -0.39 is 0 Å². The fourth-order valence-corrected chi connectivity index (χ4v) is 1.13. The van der Waals surface area contributed by atoms with Crippen LogP contribution in [0.4, 0.5) is 0 Å². The zero-order valence-electron chi connectivity index (χ0n) is 7.29. The molecule has 0 saturated heterocycles. The summed E-state index contributed by atoms with van der Waals surface area (Å²) in [4.78, 5) is 4.17. The topological polar surface area (TPSA) is 38.9 Å². The predicted octanol–water partition coefficient (Wildman–Crippen LogP) is 2.28. The molecule has 0 radical (unpaired) electrons. The second-order valence-electron chi connectivity index (χ2n) is 2.69. The number of hydrogen-bond donors (Lipinski definition) is 0. The maximum atomic E-state index is 4.89. The van der Waals surface area contributed by atoms with Crippen molar-refractivity contribution in [2.45, 2.75) is 39.5 Å². The smallest absolute Gasteiger partial charge is 0.223 e. The number of aromatic nitrogens is 2. The molecule has 1 aromatic heterocycles. The SMILES string of the molecule is CCC(CC)c1noc(C)n1. The van der Waals surface area contributed by atoms with Crippen LogP contribution in [0.15, 0.2) is 4.52 Å². The average Bonchev–Trinajstić information content (AvgIpc) is 2.39. The van der Waals surface area contributed by atoms with Crippen LogP contribution in [0, 0.1) is 6.92 Å². The summed E-state index contributed by atoms with van der Waals surface area (Å²) >= 11 is 0. The highest BCUT2D eigenvalue weighted by atomic mass is 16.5. The molecule has 0 saturated carbocycles. The van der Waals surface area contributed by atoms with Crippen molar-refractivity contribution in [3.05, 3.63) is 11.7 Å². The van der Waals surface area contributed by atoms with Crippen molar-refractivity contribution in [1.29, 1.82) is 0 Å². The number of hydrogen-bond acceptors (Lipinski definition) is 3. The lowest BCUT2D eigenvalue weighted by Gasteiger charge is -2.04. The first-order valence-corrected chi connectivity index (χ1v) is 4.08. The number of rotatable bonds is 3. The summed E-state index contributed by atoms with van der Waals surface area (Å²) in [5.74, 6) is 1.98. The summed E-state index contributed by atoms with van der Waals surface area (Å²) < 4.78 is 4.89. The van der Waals surface area contributed by atoms with E-state index in [0.29, 0.717) is 11.8 Å². The molecule has 1 rings (SSSR count). The quantitative estimate of drug-likeness (QED) is 0.670. The van der Waals surface area contributed by atoms with Crippen LogP contribution < -0.4 is 0 Å². The summed E-state index contributed by atoms with van der Waals surface area (Å²) in [5, 5.41) is 3.87. The first-order valence-electron chi connectivity index (χ1n) is 4.08. The first kappa shape index (κ1) is 8.24. The Morgan fingerprint density at radius 2 is 2.00 bits per heavy atom. The molecule has 0 N–H and O–H groups in total. The first-order chi connectivity index (χ1) is 5.27. The summed E-state index contributed by atoms with van der Waals surface area (Å²) in [7, 11) is 0. The van der Waals surface area contributed by atoms with Gasteiger partial charge in [0.2, 0.25) is 5.89 Å². The molecule has 62 valence electrons. The lowest BCUT2D eigenvalue weighted by molar-refractivity contribution is 0.381. The Morgan fingerprint density at radius 1 is 1.36 bits per heavy atom. The third-order valence-electron chi connectivity index (χ3n) is 1.89. The van der Waals surface area contributed by atoms with Crippen LogP contribution in [-0.2, 0) is 0 Å². The molecular weight excluding hydrogens is 140 g/mol. The molecule has 0 spiro atoms. The molecule has 0 unspecified atom stereocenters. The van der Waals surface area contributed by atoms with Gasteiger partial charge in [0.15, 0.2) is 5.82 Å². The predicted molar refractivity (Wildman–Crippen MR) is 42.4 cm³/mol. The molecule has 0 aliphatic rings. The molecule has 0 aliphatic heterocycles. The Bertz CT molecular complexity index is 216. The van der Waals surface area contributed by atoms with Crippen LogP contribution in [0.2, 0.25) is 0 Å². The molecule has 0 bridgehead atoms. The fourth-order valence-electron chi connectivity index (χ4n) is 1.13. The minimum atomic E-state index is 0.465. The van der Waals surface area contributed by atoms with Crippen molar-refractivity contribution in [2.24, 2.45) is 0 Å². The van der Waals surface area contributed by atoms with Gasteiger partial charge in [0.25, 0.3) is 0 Å². The van der Waals surface area contributed by atoms with Gasteiger partial charge in [0.05, 0.1) is 0 Å². The zero-order chi connectivity index (χ0) is 8.27. The molecule has 3 heteroatoms. The molecule has 0 atom stereocenters. The Balaban J connectivity index is 2.73. The molecule has 11 heavy (non-hydrogen) atoms. The van der Waals surface area contributed by atoms with E-state index in [-0.39, 0.29) is 0 Å². The van der Waals surface area contributed by atoms with Crippen molar-refractivity contribution < 1.29 is 4.52 Å².